The van der Waals surface area contributed by atoms with Gasteiger partial charge in [0.2, 0.25) is 5.91 Å². The first kappa shape index (κ1) is 31.5. The SMILES string of the molecule is CCNC(=O)C(C)(C)n1c(=O)c2c(C)c(C(=O)OCC)sc2n(C[C@H](OCCC#N)c2cc(F)ccc2OC)c1=O. The smallest absolute Gasteiger partial charge is 0.348 e. The molecule has 1 N–H and O–H groups in total. The number of carbonyl (C=O) groups excluding carboxylic acids is 2. The summed E-state index contributed by atoms with van der Waals surface area (Å²) in [5, 5.41) is 11.8. The van der Waals surface area contributed by atoms with E-state index in [0.29, 0.717) is 5.56 Å². The van der Waals surface area contributed by atoms with Gasteiger partial charge in [0, 0.05) is 12.1 Å². The molecule has 13 heteroatoms. The molecular weight excluding hydrogens is 555 g/mol. The molecule has 41 heavy (non-hydrogen) atoms. The molecule has 0 fully saturated rings. The lowest BCUT2D eigenvalue weighted by Gasteiger charge is -2.27. The Morgan fingerprint density at radius 2 is 1.95 bits per heavy atom. The number of rotatable bonds is 12. The van der Waals surface area contributed by atoms with E-state index in [2.05, 4.69) is 5.32 Å². The Labute approximate surface area is 240 Å². The predicted molar refractivity (Wildman–Crippen MR) is 151 cm³/mol. The van der Waals surface area contributed by atoms with Crippen LogP contribution in [0.2, 0.25) is 0 Å². The first-order chi connectivity index (χ1) is 19.4. The van der Waals surface area contributed by atoms with Crippen molar-refractivity contribution in [3.05, 3.63) is 60.9 Å². The fraction of sp³-hybridized carbons (Fsp3) is 0.464. The molecule has 0 saturated heterocycles. The molecule has 1 aromatic carbocycles. The number of hydrogen-bond acceptors (Lipinski definition) is 9. The summed E-state index contributed by atoms with van der Waals surface area (Å²) >= 11 is 0.905. The van der Waals surface area contributed by atoms with Crippen molar-refractivity contribution >= 4 is 33.4 Å². The van der Waals surface area contributed by atoms with Crippen LogP contribution in [0.4, 0.5) is 4.39 Å². The van der Waals surface area contributed by atoms with Crippen LogP contribution in [0.5, 0.6) is 5.75 Å². The highest BCUT2D eigenvalue weighted by Gasteiger charge is 2.36. The van der Waals surface area contributed by atoms with Crippen LogP contribution >= 0.6 is 11.3 Å². The van der Waals surface area contributed by atoms with Crippen molar-refractivity contribution in [1.82, 2.24) is 14.5 Å². The highest BCUT2D eigenvalue weighted by molar-refractivity contribution is 7.20. The third-order valence-electron chi connectivity index (χ3n) is 6.55. The molecule has 3 rings (SSSR count). The maximum absolute atomic E-state index is 14.4. The number of ether oxygens (including phenoxy) is 3. The van der Waals surface area contributed by atoms with Crippen molar-refractivity contribution in [2.75, 3.05) is 26.9 Å². The van der Waals surface area contributed by atoms with Gasteiger partial charge >= 0.3 is 11.7 Å². The van der Waals surface area contributed by atoms with E-state index in [1.165, 1.54) is 43.7 Å². The quantitative estimate of drug-likeness (QED) is 0.251. The number of hydrogen-bond donors (Lipinski definition) is 1. The third-order valence-corrected chi connectivity index (χ3v) is 7.84. The van der Waals surface area contributed by atoms with Crippen LogP contribution in [0.15, 0.2) is 27.8 Å². The van der Waals surface area contributed by atoms with E-state index < -0.39 is 40.6 Å². The fourth-order valence-corrected chi connectivity index (χ4v) is 5.68. The fourth-order valence-electron chi connectivity index (χ4n) is 4.48. The number of nitrogens with zero attached hydrogens (tertiary/aromatic N) is 3. The second kappa shape index (κ2) is 13.1. The zero-order chi connectivity index (χ0) is 30.5. The molecule has 0 unspecified atom stereocenters. The molecular formula is C28H33FN4O7S. The van der Waals surface area contributed by atoms with Crippen LogP contribution in [0.3, 0.4) is 0 Å². The van der Waals surface area contributed by atoms with Gasteiger partial charge in [0.1, 0.15) is 32.9 Å². The Bertz CT molecular complexity index is 1620. The highest BCUT2D eigenvalue weighted by Crippen LogP contribution is 2.33. The van der Waals surface area contributed by atoms with Crippen molar-refractivity contribution in [1.29, 1.82) is 5.26 Å². The molecule has 0 aliphatic rings. The van der Waals surface area contributed by atoms with Crippen LogP contribution in [-0.4, -0.2) is 47.9 Å². The number of fused-ring (bicyclic) bond motifs is 1. The van der Waals surface area contributed by atoms with Crippen LogP contribution in [0, 0.1) is 24.1 Å². The zero-order valence-electron chi connectivity index (χ0n) is 23.8. The van der Waals surface area contributed by atoms with E-state index in [-0.39, 0.29) is 59.1 Å². The number of aryl methyl sites for hydroxylation is 1. The summed E-state index contributed by atoms with van der Waals surface area (Å²) in [6, 6.07) is 5.81. The van der Waals surface area contributed by atoms with Crippen LogP contribution in [-0.2, 0) is 26.4 Å². The number of benzene rings is 1. The van der Waals surface area contributed by atoms with Gasteiger partial charge in [-0.15, -0.1) is 11.3 Å². The minimum Gasteiger partial charge on any atom is -0.496 e. The number of nitrogens with one attached hydrogen (secondary N) is 1. The van der Waals surface area contributed by atoms with E-state index in [4.69, 9.17) is 19.5 Å². The second-order valence-corrected chi connectivity index (χ2v) is 10.6. The van der Waals surface area contributed by atoms with Gasteiger partial charge in [-0.3, -0.25) is 14.2 Å². The maximum atomic E-state index is 14.4. The normalized spacial score (nSPS) is 12.1. The molecule has 0 bridgehead atoms. The number of nitriles is 1. The highest BCUT2D eigenvalue weighted by atomic mass is 32.1. The average molecular weight is 589 g/mol. The Kier molecular flexibility index (Phi) is 10.1. The molecule has 0 radical (unpaired) electrons. The predicted octanol–water partition coefficient (Wildman–Crippen LogP) is 3.40. The summed E-state index contributed by atoms with van der Waals surface area (Å²) in [6.07, 6.45) is -0.991. The van der Waals surface area contributed by atoms with E-state index in [1.807, 2.05) is 6.07 Å². The summed E-state index contributed by atoms with van der Waals surface area (Å²) in [5.74, 6) is -1.51. The van der Waals surface area contributed by atoms with Crippen LogP contribution in [0.1, 0.15) is 61.0 Å². The summed E-state index contributed by atoms with van der Waals surface area (Å²) < 4.78 is 33.0. The van der Waals surface area contributed by atoms with Crippen molar-refractivity contribution < 1.29 is 28.2 Å². The average Bonchev–Trinajstić information content (AvgIpc) is 3.27. The summed E-state index contributed by atoms with van der Waals surface area (Å²) in [7, 11) is 1.40. The van der Waals surface area contributed by atoms with Gasteiger partial charge in [0.25, 0.3) is 5.56 Å². The Morgan fingerprint density at radius 1 is 1.24 bits per heavy atom. The number of likely N-dealkylation sites (N-methyl/N-ethyl adjacent to an activating group) is 1. The molecule has 3 aromatic rings. The van der Waals surface area contributed by atoms with Gasteiger partial charge in [-0.05, 0) is 58.4 Å². The maximum Gasteiger partial charge on any atom is 0.348 e. The molecule has 1 amide bonds. The number of esters is 1. The molecule has 0 spiro atoms. The number of amides is 1. The first-order valence-corrected chi connectivity index (χ1v) is 13.8. The minimum atomic E-state index is -1.62. The Morgan fingerprint density at radius 3 is 2.56 bits per heavy atom. The molecule has 0 saturated carbocycles. The largest absolute Gasteiger partial charge is 0.496 e. The van der Waals surface area contributed by atoms with Crippen molar-refractivity contribution in [2.24, 2.45) is 0 Å². The molecule has 0 aliphatic heterocycles. The molecule has 0 aliphatic carbocycles. The van der Waals surface area contributed by atoms with E-state index in [1.54, 1.807) is 20.8 Å². The van der Waals surface area contributed by atoms with Gasteiger partial charge in [-0.2, -0.15) is 5.26 Å². The van der Waals surface area contributed by atoms with Crippen molar-refractivity contribution in [3.63, 3.8) is 0 Å². The molecule has 11 nitrogen and oxygen atoms in total. The number of halogens is 1. The summed E-state index contributed by atoms with van der Waals surface area (Å²) in [5.41, 5.74) is -2.63. The Balaban J connectivity index is 2.39. The number of thiophene rings is 1. The van der Waals surface area contributed by atoms with Gasteiger partial charge in [-0.25, -0.2) is 18.5 Å². The molecule has 220 valence electrons. The lowest BCUT2D eigenvalue weighted by Crippen LogP contribution is -2.55. The van der Waals surface area contributed by atoms with Gasteiger partial charge in [0.15, 0.2) is 0 Å². The summed E-state index contributed by atoms with van der Waals surface area (Å²) in [4.78, 5) is 54.1. The van der Waals surface area contributed by atoms with Gasteiger partial charge in [-0.1, -0.05) is 0 Å². The number of carbonyl (C=O) groups is 2. The van der Waals surface area contributed by atoms with E-state index in [0.717, 1.165) is 15.9 Å². The van der Waals surface area contributed by atoms with Gasteiger partial charge in [0.05, 0.1) is 44.7 Å². The molecule has 2 heterocycles. The standard InChI is InChI=1S/C28H33FN4O7S/c1-7-31-26(36)28(4,5)33-23(34)21-16(3)22(25(35)39-8-2)41-24(21)32(27(33)37)15-20(40-13-9-12-30)18-14-17(29)10-11-19(18)38-6/h10-11,14,20H,7-9,13,15H2,1-6H3,(H,31,36)/t20-/m0/s1. The first-order valence-electron chi connectivity index (χ1n) is 13.0. The monoisotopic (exact) mass is 588 g/mol. The lowest BCUT2D eigenvalue weighted by atomic mass is 10.0. The second-order valence-electron chi connectivity index (χ2n) is 9.56. The van der Waals surface area contributed by atoms with Crippen LogP contribution < -0.4 is 21.3 Å². The van der Waals surface area contributed by atoms with Gasteiger partial charge < -0.3 is 19.5 Å². The van der Waals surface area contributed by atoms with Crippen molar-refractivity contribution in [3.8, 4) is 11.8 Å². The minimum absolute atomic E-state index is 0.0211. The van der Waals surface area contributed by atoms with Crippen LogP contribution in [0.25, 0.3) is 10.2 Å². The molecule has 1 atom stereocenters. The van der Waals surface area contributed by atoms with E-state index >= 15 is 0 Å². The zero-order valence-corrected chi connectivity index (χ0v) is 24.6. The lowest BCUT2D eigenvalue weighted by molar-refractivity contribution is -0.128. The number of methoxy groups -OCH3 is 1. The number of aromatic nitrogens is 2. The van der Waals surface area contributed by atoms with E-state index in [9.17, 15) is 23.6 Å². The van der Waals surface area contributed by atoms with Crippen molar-refractivity contribution in [2.45, 2.75) is 59.2 Å². The summed E-state index contributed by atoms with van der Waals surface area (Å²) in [6.45, 7) is 7.89. The molecule has 2 aromatic heterocycles. The Hall–Kier alpha value is -4.02. The third kappa shape index (κ3) is 6.18. The topological polar surface area (TPSA) is 142 Å².